The van der Waals surface area contributed by atoms with Gasteiger partial charge >= 0.3 is 0 Å². The summed E-state index contributed by atoms with van der Waals surface area (Å²) in [4.78, 5) is 17.4. The summed E-state index contributed by atoms with van der Waals surface area (Å²) >= 11 is 5.35. The van der Waals surface area contributed by atoms with Gasteiger partial charge in [0.15, 0.2) is 0 Å². The Hall–Kier alpha value is -2.15. The minimum absolute atomic E-state index is 0.0479. The van der Waals surface area contributed by atoms with E-state index in [9.17, 15) is 4.79 Å². The van der Waals surface area contributed by atoms with Crippen LogP contribution in [0.3, 0.4) is 0 Å². The molecule has 0 bridgehead atoms. The van der Waals surface area contributed by atoms with Crippen LogP contribution in [0.15, 0.2) is 64.5 Å². The summed E-state index contributed by atoms with van der Waals surface area (Å²) in [7, 11) is 0. The van der Waals surface area contributed by atoms with Crippen LogP contribution in [0.4, 0.5) is 11.4 Å². The molecule has 3 aromatic rings. The molecule has 0 unspecified atom stereocenters. The molecular weight excluding hydrogens is 472 g/mol. The first-order chi connectivity index (χ1) is 15.1. The van der Waals surface area contributed by atoms with Crippen molar-refractivity contribution in [2.24, 2.45) is 0 Å². The number of hydrogen-bond donors (Lipinski definition) is 1. The number of hydrogen-bond acceptors (Lipinski definition) is 4. The van der Waals surface area contributed by atoms with Gasteiger partial charge in [0.1, 0.15) is 0 Å². The largest absolute Gasteiger partial charge is 0.381 e. The molecule has 2 aliphatic rings. The number of carbonyl (C=O) groups is 1. The average Bonchev–Trinajstić information content (AvgIpc) is 3.28. The Labute approximate surface area is 195 Å². The summed E-state index contributed by atoms with van der Waals surface area (Å²) in [5, 5.41) is 5.37. The maximum atomic E-state index is 13.5. The molecule has 4 nitrogen and oxygen atoms in total. The number of thiophene rings is 1. The van der Waals surface area contributed by atoms with Crippen LogP contribution in [0.1, 0.15) is 28.8 Å². The van der Waals surface area contributed by atoms with E-state index >= 15 is 0 Å². The fourth-order valence-electron chi connectivity index (χ4n) is 4.61. The lowest BCUT2D eigenvalue weighted by Crippen LogP contribution is -2.44. The predicted molar refractivity (Wildman–Crippen MR) is 130 cm³/mol. The molecule has 1 amide bonds. The smallest absolute Gasteiger partial charge is 0.235 e. The fraction of sp³-hybridized carbons (Fsp3) is 0.320. The highest BCUT2D eigenvalue weighted by Crippen LogP contribution is 2.37. The summed E-state index contributed by atoms with van der Waals surface area (Å²) < 4.78 is 6.59. The van der Waals surface area contributed by atoms with Crippen molar-refractivity contribution in [2.45, 2.75) is 31.2 Å². The van der Waals surface area contributed by atoms with Crippen LogP contribution >= 0.6 is 27.3 Å². The molecule has 3 heterocycles. The number of halogens is 1. The van der Waals surface area contributed by atoms with Gasteiger partial charge in [0.2, 0.25) is 5.91 Å². The van der Waals surface area contributed by atoms with Crippen molar-refractivity contribution in [3.05, 3.63) is 80.5 Å². The molecule has 0 atom stereocenters. The topological polar surface area (TPSA) is 41.6 Å². The third kappa shape index (κ3) is 4.16. The number of anilines is 2. The third-order valence-corrected chi connectivity index (χ3v) is 8.03. The lowest BCUT2D eigenvalue weighted by Gasteiger charge is -2.36. The number of rotatable bonds is 4. The second kappa shape index (κ2) is 8.77. The van der Waals surface area contributed by atoms with E-state index in [4.69, 9.17) is 4.74 Å². The zero-order valence-corrected chi connectivity index (χ0v) is 19.7. The first-order valence-corrected chi connectivity index (χ1v) is 12.4. The number of amides is 1. The lowest BCUT2D eigenvalue weighted by atomic mass is 9.73. The summed E-state index contributed by atoms with van der Waals surface area (Å²) in [5.74, 6) is 0.0479. The Balaban J connectivity index is 1.32. The van der Waals surface area contributed by atoms with E-state index in [1.165, 1.54) is 16.1 Å². The molecule has 0 aliphatic carbocycles. The van der Waals surface area contributed by atoms with Crippen molar-refractivity contribution in [1.82, 2.24) is 0 Å². The number of nitrogens with zero attached hydrogens (tertiary/aromatic N) is 1. The van der Waals surface area contributed by atoms with Gasteiger partial charge < -0.3 is 15.0 Å². The highest BCUT2D eigenvalue weighted by atomic mass is 79.9. The summed E-state index contributed by atoms with van der Waals surface area (Å²) in [6.07, 6.45) is 2.48. The van der Waals surface area contributed by atoms with Crippen molar-refractivity contribution < 1.29 is 9.53 Å². The van der Waals surface area contributed by atoms with Crippen molar-refractivity contribution in [1.29, 1.82) is 0 Å². The molecule has 1 fully saturated rings. The molecule has 0 spiro atoms. The summed E-state index contributed by atoms with van der Waals surface area (Å²) in [6, 6.07) is 18.6. The Morgan fingerprint density at radius 3 is 2.52 bits per heavy atom. The molecule has 5 rings (SSSR count). The molecule has 160 valence electrons. The number of benzene rings is 2. The zero-order valence-electron chi connectivity index (χ0n) is 17.3. The molecule has 0 radical (unpaired) electrons. The molecule has 1 saturated heterocycles. The third-order valence-electron chi connectivity index (χ3n) is 6.48. The van der Waals surface area contributed by atoms with Gasteiger partial charge in [-0.2, -0.15) is 0 Å². The van der Waals surface area contributed by atoms with Crippen molar-refractivity contribution >= 4 is 44.5 Å². The van der Waals surface area contributed by atoms with Crippen molar-refractivity contribution in [2.75, 3.05) is 30.0 Å². The molecule has 6 heteroatoms. The van der Waals surface area contributed by atoms with Gasteiger partial charge in [0.05, 0.1) is 5.41 Å². The summed E-state index contributed by atoms with van der Waals surface area (Å²) in [5.41, 5.74) is 3.96. The second-order valence-electron chi connectivity index (χ2n) is 8.24. The molecule has 2 aromatic carbocycles. The predicted octanol–water partition coefficient (Wildman–Crippen LogP) is 5.76. The van der Waals surface area contributed by atoms with Crippen LogP contribution in [0.2, 0.25) is 0 Å². The standard InChI is InChI=1S/C25H25BrN2O2S/c26-20-3-1-19(2-4-20)25(11-14-30-15-12-25)24(29)27-21-5-7-22(8-6-21)28-13-9-23-18(17-28)10-16-31-23/h1-8,10,16H,9,11-15,17H2,(H,27,29). The molecule has 0 saturated carbocycles. The fourth-order valence-corrected chi connectivity index (χ4v) is 5.76. The van der Waals surface area contributed by atoms with Gasteiger partial charge in [-0.05, 0) is 78.2 Å². The van der Waals surface area contributed by atoms with Crippen LogP contribution in [0, 0.1) is 0 Å². The van der Waals surface area contributed by atoms with Crippen LogP contribution < -0.4 is 10.2 Å². The molecule has 2 aliphatic heterocycles. The van der Waals surface area contributed by atoms with E-state index in [2.05, 4.69) is 49.7 Å². The van der Waals surface area contributed by atoms with E-state index in [0.717, 1.165) is 35.2 Å². The quantitative estimate of drug-likeness (QED) is 0.499. The Morgan fingerprint density at radius 2 is 1.77 bits per heavy atom. The number of fused-ring (bicyclic) bond motifs is 1. The normalized spacial score (nSPS) is 17.8. The van der Waals surface area contributed by atoms with Gasteiger partial charge in [-0.1, -0.05) is 28.1 Å². The molecule has 31 heavy (non-hydrogen) atoms. The van der Waals surface area contributed by atoms with Gasteiger partial charge in [0, 0.05) is 47.0 Å². The van der Waals surface area contributed by atoms with Crippen molar-refractivity contribution in [3.63, 3.8) is 0 Å². The van der Waals surface area contributed by atoms with Crippen LogP contribution in [0.25, 0.3) is 0 Å². The van der Waals surface area contributed by atoms with Gasteiger partial charge in [0.25, 0.3) is 0 Å². The van der Waals surface area contributed by atoms with E-state index in [1.807, 2.05) is 47.7 Å². The first kappa shape index (κ1) is 20.7. The lowest BCUT2D eigenvalue weighted by molar-refractivity contribution is -0.125. The zero-order chi connectivity index (χ0) is 21.3. The highest BCUT2D eigenvalue weighted by Gasteiger charge is 2.41. The average molecular weight is 497 g/mol. The van der Waals surface area contributed by atoms with Crippen LogP contribution in [0.5, 0.6) is 0 Å². The van der Waals surface area contributed by atoms with Gasteiger partial charge in [-0.15, -0.1) is 11.3 Å². The number of nitrogens with one attached hydrogen (secondary N) is 1. The second-order valence-corrected chi connectivity index (χ2v) is 10.2. The van der Waals surface area contributed by atoms with Crippen LogP contribution in [-0.2, 0) is 27.9 Å². The van der Waals surface area contributed by atoms with Gasteiger partial charge in [-0.25, -0.2) is 0 Å². The maximum Gasteiger partial charge on any atom is 0.235 e. The molecule has 1 N–H and O–H groups in total. The first-order valence-electron chi connectivity index (χ1n) is 10.7. The molecular formula is C25H25BrN2O2S. The minimum Gasteiger partial charge on any atom is -0.381 e. The van der Waals surface area contributed by atoms with E-state index in [1.54, 1.807) is 0 Å². The Bertz CT molecular complexity index is 1060. The van der Waals surface area contributed by atoms with Gasteiger partial charge in [-0.3, -0.25) is 4.79 Å². The maximum absolute atomic E-state index is 13.5. The minimum atomic E-state index is -0.556. The van der Waals surface area contributed by atoms with Crippen molar-refractivity contribution in [3.8, 4) is 0 Å². The van der Waals surface area contributed by atoms with E-state index < -0.39 is 5.41 Å². The van der Waals surface area contributed by atoms with E-state index in [0.29, 0.717) is 26.1 Å². The Morgan fingerprint density at radius 1 is 1.03 bits per heavy atom. The number of carbonyl (C=O) groups excluding carboxylic acids is 1. The Kier molecular flexibility index (Phi) is 5.87. The highest BCUT2D eigenvalue weighted by molar-refractivity contribution is 9.10. The van der Waals surface area contributed by atoms with E-state index in [-0.39, 0.29) is 5.91 Å². The summed E-state index contributed by atoms with van der Waals surface area (Å²) in [6.45, 7) is 3.19. The molecule has 1 aromatic heterocycles. The SMILES string of the molecule is O=C(Nc1ccc(N2CCc3sccc3C2)cc1)C1(c2ccc(Br)cc2)CCOCC1. The van der Waals surface area contributed by atoms with Crippen LogP contribution in [-0.4, -0.2) is 25.7 Å². The number of ether oxygens (including phenoxy) is 1. The monoisotopic (exact) mass is 496 g/mol.